The third-order valence-electron chi connectivity index (χ3n) is 6.69. The molecule has 0 aromatic heterocycles. The molecule has 2 unspecified atom stereocenters. The van der Waals surface area contributed by atoms with Crippen LogP contribution in [0.4, 0.5) is 0 Å². The van der Waals surface area contributed by atoms with Gasteiger partial charge in [0, 0.05) is 24.2 Å². The highest BCUT2D eigenvalue weighted by Gasteiger charge is 2.52. The van der Waals surface area contributed by atoms with E-state index < -0.39 is 29.4 Å². The molecule has 8 nitrogen and oxygen atoms in total. The Hall–Kier alpha value is -3.39. The molecule has 1 heterocycles. The van der Waals surface area contributed by atoms with Gasteiger partial charge < -0.3 is 24.0 Å². The number of rotatable bonds is 11. The monoisotopic (exact) mass is 482 g/mol. The first-order valence-corrected chi connectivity index (χ1v) is 11.8. The fourth-order valence-electron chi connectivity index (χ4n) is 4.72. The number of methoxy groups -OCH3 is 3. The molecule has 2 aromatic rings. The minimum absolute atomic E-state index is 0.308. The van der Waals surface area contributed by atoms with Gasteiger partial charge in [-0.3, -0.25) is 14.4 Å². The van der Waals surface area contributed by atoms with E-state index >= 15 is 0 Å². The molecule has 1 aliphatic rings. The zero-order chi connectivity index (χ0) is 25.7. The summed E-state index contributed by atoms with van der Waals surface area (Å²) >= 11 is 0. The smallest absolute Gasteiger partial charge is 0.291 e. The highest BCUT2D eigenvalue weighted by Crippen LogP contribution is 2.45. The van der Waals surface area contributed by atoms with E-state index in [0.29, 0.717) is 47.0 Å². The number of carbonyl (C=O) groups is 3. The number of aryl methyl sites for hydroxylation is 1. The Balaban J connectivity index is 2.13. The Labute approximate surface area is 206 Å². The number of hydrogen-bond acceptors (Lipinski definition) is 7. The molecule has 8 heteroatoms. The first kappa shape index (κ1) is 26.2. The topological polar surface area (TPSA) is 85.4 Å². The molecule has 2 aromatic carbocycles. The first-order valence-electron chi connectivity index (χ1n) is 11.8. The predicted molar refractivity (Wildman–Crippen MR) is 132 cm³/mol. The number of para-hydroxylation sites is 1. The molecule has 1 amide bonds. The van der Waals surface area contributed by atoms with Crippen LogP contribution in [0, 0.1) is 12.8 Å². The van der Waals surface area contributed by atoms with Crippen LogP contribution in [0.2, 0.25) is 0 Å². The highest BCUT2D eigenvalue weighted by molar-refractivity contribution is 6.44. The average Bonchev–Trinajstić information content (AvgIpc) is 3.12. The van der Waals surface area contributed by atoms with Gasteiger partial charge >= 0.3 is 0 Å². The van der Waals surface area contributed by atoms with Crippen LogP contribution >= 0.6 is 0 Å². The van der Waals surface area contributed by atoms with Gasteiger partial charge in [-0.15, -0.1) is 0 Å². The summed E-state index contributed by atoms with van der Waals surface area (Å²) in [6.45, 7) is 8.39. The van der Waals surface area contributed by atoms with Gasteiger partial charge in [0.25, 0.3) is 5.91 Å². The minimum atomic E-state index is -1.20. The van der Waals surface area contributed by atoms with E-state index in [9.17, 15) is 14.4 Å². The Morgan fingerprint density at radius 1 is 1.00 bits per heavy atom. The van der Waals surface area contributed by atoms with Gasteiger partial charge in [0.1, 0.15) is 11.7 Å². The van der Waals surface area contributed by atoms with E-state index in [1.165, 1.54) is 19.1 Å². The quantitative estimate of drug-likeness (QED) is 0.276. The van der Waals surface area contributed by atoms with Crippen LogP contribution in [-0.4, -0.2) is 74.8 Å². The largest absolute Gasteiger partial charge is 0.497 e. The lowest BCUT2D eigenvalue weighted by molar-refractivity contribution is -0.140. The lowest BCUT2D eigenvalue weighted by atomic mass is 9.84. The van der Waals surface area contributed by atoms with Crippen LogP contribution in [0.1, 0.15) is 41.4 Å². The summed E-state index contributed by atoms with van der Waals surface area (Å²) in [5.41, 5.74) is 1.62. The number of ketones is 2. The van der Waals surface area contributed by atoms with Gasteiger partial charge in [0.05, 0.1) is 27.4 Å². The second kappa shape index (κ2) is 11.4. The van der Waals surface area contributed by atoms with Crippen LogP contribution in [-0.2, 0) is 9.59 Å². The van der Waals surface area contributed by atoms with Crippen molar-refractivity contribution >= 4 is 17.5 Å². The Morgan fingerprint density at radius 3 is 2.29 bits per heavy atom. The van der Waals surface area contributed by atoms with E-state index in [0.717, 1.165) is 13.1 Å². The van der Waals surface area contributed by atoms with Gasteiger partial charge in [-0.1, -0.05) is 26.0 Å². The lowest BCUT2D eigenvalue weighted by Crippen LogP contribution is -2.38. The molecule has 0 saturated carbocycles. The maximum atomic E-state index is 13.8. The minimum Gasteiger partial charge on any atom is -0.497 e. The van der Waals surface area contributed by atoms with Crippen molar-refractivity contribution in [1.82, 2.24) is 9.80 Å². The predicted octanol–water partition coefficient (Wildman–Crippen LogP) is 3.31. The molecule has 3 rings (SSSR count). The number of amides is 1. The molecule has 0 N–H and O–H groups in total. The van der Waals surface area contributed by atoms with E-state index in [2.05, 4.69) is 4.90 Å². The fourth-order valence-corrected chi connectivity index (χ4v) is 4.72. The molecular weight excluding hydrogens is 448 g/mol. The molecule has 1 saturated heterocycles. The number of benzene rings is 2. The first-order chi connectivity index (χ1) is 16.8. The van der Waals surface area contributed by atoms with Crippen LogP contribution in [0.15, 0.2) is 36.4 Å². The number of likely N-dealkylation sites (tertiary alicyclic amines) is 1. The third-order valence-corrected chi connectivity index (χ3v) is 6.69. The molecule has 35 heavy (non-hydrogen) atoms. The van der Waals surface area contributed by atoms with Crippen LogP contribution < -0.4 is 14.2 Å². The number of likely N-dealkylation sites (N-methyl/N-ethyl adjacent to an activating group) is 1. The number of carbonyl (C=O) groups excluding carboxylic acids is 3. The number of hydrogen-bond donors (Lipinski definition) is 0. The van der Waals surface area contributed by atoms with Crippen LogP contribution in [0.3, 0.4) is 0 Å². The van der Waals surface area contributed by atoms with Crippen molar-refractivity contribution in [3.05, 3.63) is 53.1 Å². The van der Waals surface area contributed by atoms with E-state index in [4.69, 9.17) is 14.2 Å². The van der Waals surface area contributed by atoms with Gasteiger partial charge in [0.15, 0.2) is 17.3 Å². The standard InChI is InChI=1S/C27H34N2O6/c1-7-28(8-2)14-15-29-23(20-10-9-11-21(34-5)26(20)35-6)22(25(31)27(29)32)24(30)19-13-12-18(33-4)16-17(19)3/h9-13,16,22-23H,7-8,14-15H2,1-6H3. The highest BCUT2D eigenvalue weighted by atomic mass is 16.5. The normalized spacial score (nSPS) is 17.7. The number of ether oxygens (including phenoxy) is 3. The molecule has 0 bridgehead atoms. The van der Waals surface area contributed by atoms with Crippen molar-refractivity contribution in [2.24, 2.45) is 5.92 Å². The second-order valence-electron chi connectivity index (χ2n) is 8.44. The molecule has 188 valence electrons. The zero-order valence-corrected chi connectivity index (χ0v) is 21.3. The van der Waals surface area contributed by atoms with Crippen molar-refractivity contribution in [3.8, 4) is 17.2 Å². The summed E-state index contributed by atoms with van der Waals surface area (Å²) in [6, 6.07) is 9.55. The van der Waals surface area contributed by atoms with Gasteiger partial charge in [-0.2, -0.15) is 0 Å². The van der Waals surface area contributed by atoms with Crippen molar-refractivity contribution in [3.63, 3.8) is 0 Å². The van der Waals surface area contributed by atoms with Crippen molar-refractivity contribution in [1.29, 1.82) is 0 Å². The molecule has 0 spiro atoms. The number of Topliss-reactive ketones (excluding diaryl/α,β-unsaturated/α-hetero) is 2. The van der Waals surface area contributed by atoms with Crippen LogP contribution in [0.5, 0.6) is 17.2 Å². The lowest BCUT2D eigenvalue weighted by Gasteiger charge is -2.30. The van der Waals surface area contributed by atoms with E-state index in [1.807, 2.05) is 13.8 Å². The van der Waals surface area contributed by atoms with Crippen molar-refractivity contribution < 1.29 is 28.6 Å². The molecule has 1 fully saturated rings. The average molecular weight is 483 g/mol. The molecule has 2 atom stereocenters. The van der Waals surface area contributed by atoms with E-state index in [-0.39, 0.29) is 0 Å². The Morgan fingerprint density at radius 2 is 1.71 bits per heavy atom. The SMILES string of the molecule is CCN(CC)CCN1C(=O)C(=O)C(C(=O)c2ccc(OC)cc2C)C1c1cccc(OC)c1OC. The van der Waals surface area contributed by atoms with Crippen molar-refractivity contribution in [2.75, 3.05) is 47.5 Å². The summed E-state index contributed by atoms with van der Waals surface area (Å²) in [6.07, 6.45) is 0. The summed E-state index contributed by atoms with van der Waals surface area (Å²) < 4.78 is 16.4. The molecule has 0 aliphatic carbocycles. The zero-order valence-electron chi connectivity index (χ0n) is 21.3. The third kappa shape index (κ3) is 5.03. The van der Waals surface area contributed by atoms with Crippen LogP contribution in [0.25, 0.3) is 0 Å². The van der Waals surface area contributed by atoms with Gasteiger partial charge in [-0.05, 0) is 49.8 Å². The number of nitrogens with zero attached hydrogens (tertiary/aromatic N) is 2. The summed E-state index contributed by atoms with van der Waals surface area (Å²) in [4.78, 5) is 44.2. The maximum absolute atomic E-state index is 13.8. The molecular formula is C27H34N2O6. The van der Waals surface area contributed by atoms with E-state index in [1.54, 1.807) is 50.4 Å². The summed E-state index contributed by atoms with van der Waals surface area (Å²) in [7, 11) is 4.58. The summed E-state index contributed by atoms with van der Waals surface area (Å²) in [5.74, 6) is -1.49. The maximum Gasteiger partial charge on any atom is 0.291 e. The molecule has 0 radical (unpaired) electrons. The van der Waals surface area contributed by atoms with Gasteiger partial charge in [-0.25, -0.2) is 0 Å². The second-order valence-corrected chi connectivity index (χ2v) is 8.44. The van der Waals surface area contributed by atoms with Crippen molar-refractivity contribution in [2.45, 2.75) is 26.8 Å². The Kier molecular flexibility index (Phi) is 8.51. The Bertz CT molecular complexity index is 1100. The fraction of sp³-hybridized carbons (Fsp3) is 0.444. The van der Waals surface area contributed by atoms with Gasteiger partial charge in [0.2, 0.25) is 5.78 Å². The summed E-state index contributed by atoms with van der Waals surface area (Å²) in [5, 5.41) is 0. The molecule has 1 aliphatic heterocycles.